The minimum Gasteiger partial charge on any atom is -0.459 e. The molecule has 1 aromatic rings. The molecule has 0 bridgehead atoms. The van der Waals surface area contributed by atoms with Crippen molar-refractivity contribution in [2.75, 3.05) is 18.5 Å². The fourth-order valence-corrected chi connectivity index (χ4v) is 2.77. The summed E-state index contributed by atoms with van der Waals surface area (Å²) in [6, 6.07) is 1.81. The Kier molecular flexibility index (Phi) is 5.36. The second-order valence-corrected chi connectivity index (χ2v) is 6.49. The number of carbonyl (C=O) groups excluding carboxylic acids is 2. The third kappa shape index (κ3) is 4.82. The van der Waals surface area contributed by atoms with Crippen LogP contribution in [0.1, 0.15) is 41.9 Å². The zero-order valence-electron chi connectivity index (χ0n) is 12.6. The Balaban J connectivity index is 1.85. The van der Waals surface area contributed by atoms with Gasteiger partial charge in [-0.05, 0) is 45.2 Å². The van der Waals surface area contributed by atoms with Crippen molar-refractivity contribution in [1.29, 1.82) is 0 Å². The standard InChI is InChI=1S/C15H21NO4S/c1-9(2)19-6-7-20-15(18)13-10(3)8-12(21-13)16-14(17)11-4-5-11/h8-9,11H,4-7H2,1-3H3,(H,16,17). The van der Waals surface area contributed by atoms with Crippen molar-refractivity contribution >= 4 is 28.2 Å². The zero-order chi connectivity index (χ0) is 15.4. The maximum atomic E-state index is 12.0. The van der Waals surface area contributed by atoms with Gasteiger partial charge in [-0.2, -0.15) is 0 Å². The highest BCUT2D eigenvalue weighted by Crippen LogP contribution is 2.33. The maximum Gasteiger partial charge on any atom is 0.348 e. The van der Waals surface area contributed by atoms with Gasteiger partial charge >= 0.3 is 5.97 Å². The van der Waals surface area contributed by atoms with Crippen LogP contribution in [-0.4, -0.2) is 31.2 Å². The molecule has 0 saturated heterocycles. The molecule has 1 N–H and O–H groups in total. The first-order chi connectivity index (χ1) is 9.97. The number of amides is 1. The summed E-state index contributed by atoms with van der Waals surface area (Å²) < 4.78 is 10.5. The van der Waals surface area contributed by atoms with E-state index in [4.69, 9.17) is 9.47 Å². The number of rotatable bonds is 7. The molecule has 1 fully saturated rings. The molecule has 0 unspecified atom stereocenters. The third-order valence-corrected chi connectivity index (χ3v) is 4.20. The number of aryl methyl sites for hydroxylation is 1. The first-order valence-corrected chi connectivity index (χ1v) is 7.99. The highest BCUT2D eigenvalue weighted by Gasteiger charge is 2.30. The van der Waals surface area contributed by atoms with Gasteiger partial charge in [-0.1, -0.05) is 0 Å². The maximum absolute atomic E-state index is 12.0. The molecule has 0 aromatic carbocycles. The van der Waals surface area contributed by atoms with Crippen molar-refractivity contribution in [3.05, 3.63) is 16.5 Å². The number of hydrogen-bond acceptors (Lipinski definition) is 5. The number of hydrogen-bond donors (Lipinski definition) is 1. The monoisotopic (exact) mass is 311 g/mol. The topological polar surface area (TPSA) is 64.6 Å². The van der Waals surface area contributed by atoms with Crippen LogP contribution in [0, 0.1) is 12.8 Å². The average Bonchev–Trinajstić information content (AvgIpc) is 3.19. The van der Waals surface area contributed by atoms with Crippen molar-refractivity contribution in [2.45, 2.75) is 39.7 Å². The minimum absolute atomic E-state index is 0.0431. The summed E-state index contributed by atoms with van der Waals surface area (Å²) in [5.74, 6) is -0.172. The van der Waals surface area contributed by atoms with Crippen molar-refractivity contribution in [1.82, 2.24) is 0 Å². The SMILES string of the molecule is Cc1cc(NC(=O)C2CC2)sc1C(=O)OCCOC(C)C. The van der Waals surface area contributed by atoms with E-state index in [1.807, 2.05) is 26.8 Å². The first kappa shape index (κ1) is 16.0. The average molecular weight is 311 g/mol. The van der Waals surface area contributed by atoms with Gasteiger partial charge in [0.25, 0.3) is 0 Å². The van der Waals surface area contributed by atoms with Gasteiger partial charge in [0.2, 0.25) is 5.91 Å². The van der Waals surface area contributed by atoms with E-state index in [1.54, 1.807) is 0 Å². The van der Waals surface area contributed by atoms with Crippen LogP contribution in [0.5, 0.6) is 0 Å². The molecule has 5 nitrogen and oxygen atoms in total. The second-order valence-electron chi connectivity index (χ2n) is 5.44. The van der Waals surface area contributed by atoms with Crippen LogP contribution in [0.3, 0.4) is 0 Å². The van der Waals surface area contributed by atoms with E-state index in [9.17, 15) is 9.59 Å². The molecular formula is C15H21NO4S. The van der Waals surface area contributed by atoms with Crippen LogP contribution < -0.4 is 5.32 Å². The molecule has 0 atom stereocenters. The molecule has 0 aliphatic heterocycles. The Hall–Kier alpha value is -1.40. The van der Waals surface area contributed by atoms with Gasteiger partial charge in [-0.15, -0.1) is 11.3 Å². The Morgan fingerprint density at radius 2 is 2.10 bits per heavy atom. The van der Waals surface area contributed by atoms with E-state index in [1.165, 1.54) is 11.3 Å². The lowest BCUT2D eigenvalue weighted by atomic mass is 10.3. The number of ether oxygens (including phenoxy) is 2. The first-order valence-electron chi connectivity index (χ1n) is 7.17. The largest absolute Gasteiger partial charge is 0.459 e. The van der Waals surface area contributed by atoms with E-state index in [0.717, 1.165) is 18.4 Å². The van der Waals surface area contributed by atoms with Crippen LogP contribution in [0.2, 0.25) is 0 Å². The second kappa shape index (κ2) is 7.04. The fourth-order valence-electron chi connectivity index (χ4n) is 1.80. The van der Waals surface area contributed by atoms with Gasteiger partial charge in [0.05, 0.1) is 17.7 Å². The lowest BCUT2D eigenvalue weighted by molar-refractivity contribution is -0.117. The summed E-state index contributed by atoms with van der Waals surface area (Å²) in [6.07, 6.45) is 2.04. The number of esters is 1. The van der Waals surface area contributed by atoms with E-state index in [0.29, 0.717) is 16.5 Å². The van der Waals surface area contributed by atoms with Crippen molar-refractivity contribution in [3.63, 3.8) is 0 Å². The number of nitrogens with one attached hydrogen (secondary N) is 1. The molecular weight excluding hydrogens is 290 g/mol. The molecule has 1 aromatic heterocycles. The van der Waals surface area contributed by atoms with Crippen molar-refractivity contribution in [2.24, 2.45) is 5.92 Å². The summed E-state index contributed by atoms with van der Waals surface area (Å²) in [5.41, 5.74) is 0.820. The van der Waals surface area contributed by atoms with Crippen LogP contribution in [0.4, 0.5) is 5.00 Å². The van der Waals surface area contributed by atoms with E-state index >= 15 is 0 Å². The van der Waals surface area contributed by atoms with Gasteiger partial charge in [-0.3, -0.25) is 4.79 Å². The Labute approximate surface area is 128 Å². The molecule has 0 spiro atoms. The zero-order valence-corrected chi connectivity index (χ0v) is 13.4. The third-order valence-electron chi connectivity index (χ3n) is 3.07. The van der Waals surface area contributed by atoms with Crippen LogP contribution in [0.15, 0.2) is 6.07 Å². The van der Waals surface area contributed by atoms with Crippen molar-refractivity contribution in [3.8, 4) is 0 Å². The summed E-state index contributed by atoms with van der Waals surface area (Å²) in [5, 5.41) is 3.55. The van der Waals surface area contributed by atoms with E-state index in [-0.39, 0.29) is 30.5 Å². The van der Waals surface area contributed by atoms with E-state index in [2.05, 4.69) is 5.32 Å². The molecule has 1 amide bonds. The molecule has 2 rings (SSSR count). The quantitative estimate of drug-likeness (QED) is 0.621. The summed E-state index contributed by atoms with van der Waals surface area (Å²) in [4.78, 5) is 24.2. The van der Waals surface area contributed by atoms with Gasteiger partial charge in [-0.25, -0.2) is 4.79 Å². The Bertz CT molecular complexity index is 520. The highest BCUT2D eigenvalue weighted by atomic mass is 32.1. The van der Waals surface area contributed by atoms with Crippen LogP contribution in [0.25, 0.3) is 0 Å². The van der Waals surface area contributed by atoms with Crippen molar-refractivity contribution < 1.29 is 19.1 Å². The van der Waals surface area contributed by atoms with Crippen LogP contribution >= 0.6 is 11.3 Å². The van der Waals surface area contributed by atoms with Gasteiger partial charge in [0.1, 0.15) is 11.5 Å². The molecule has 0 radical (unpaired) electrons. The smallest absolute Gasteiger partial charge is 0.348 e. The predicted octanol–water partition coefficient (Wildman–Crippen LogP) is 2.99. The van der Waals surface area contributed by atoms with E-state index < -0.39 is 0 Å². The predicted molar refractivity (Wildman–Crippen MR) is 81.8 cm³/mol. The molecule has 116 valence electrons. The molecule has 21 heavy (non-hydrogen) atoms. The summed E-state index contributed by atoms with van der Waals surface area (Å²) in [6.45, 7) is 6.32. The highest BCUT2D eigenvalue weighted by molar-refractivity contribution is 7.18. The molecule has 1 saturated carbocycles. The lowest BCUT2D eigenvalue weighted by Crippen LogP contribution is -2.13. The van der Waals surface area contributed by atoms with Gasteiger partial charge in [0, 0.05) is 5.92 Å². The van der Waals surface area contributed by atoms with Gasteiger partial charge < -0.3 is 14.8 Å². The Morgan fingerprint density at radius 1 is 1.38 bits per heavy atom. The number of anilines is 1. The number of thiophene rings is 1. The molecule has 1 aliphatic carbocycles. The number of carbonyl (C=O) groups is 2. The molecule has 1 aliphatic rings. The van der Waals surface area contributed by atoms with Gasteiger partial charge in [0.15, 0.2) is 0 Å². The minimum atomic E-state index is -0.364. The fraction of sp³-hybridized carbons (Fsp3) is 0.600. The summed E-state index contributed by atoms with van der Waals surface area (Å²) >= 11 is 1.26. The summed E-state index contributed by atoms with van der Waals surface area (Å²) in [7, 11) is 0. The normalized spacial score (nSPS) is 14.3. The molecule has 6 heteroatoms. The Morgan fingerprint density at radius 3 is 2.71 bits per heavy atom. The molecule has 1 heterocycles. The lowest BCUT2D eigenvalue weighted by Gasteiger charge is -2.07. The van der Waals surface area contributed by atoms with Crippen LogP contribution in [-0.2, 0) is 14.3 Å².